The molecule has 0 bridgehead atoms. The van der Waals surface area contributed by atoms with Crippen LogP contribution in [0.15, 0.2) is 42.5 Å². The zero-order valence-corrected chi connectivity index (χ0v) is 13.4. The third-order valence-corrected chi connectivity index (χ3v) is 3.74. The van der Waals surface area contributed by atoms with E-state index in [9.17, 15) is 0 Å². The lowest BCUT2D eigenvalue weighted by Crippen LogP contribution is -2.01. The van der Waals surface area contributed by atoms with Gasteiger partial charge < -0.3 is 10.1 Å². The molecule has 3 heteroatoms. The first kappa shape index (κ1) is 15.7. The van der Waals surface area contributed by atoms with Crippen molar-refractivity contribution in [1.82, 2.24) is 0 Å². The molecule has 0 fully saturated rings. The zero-order valence-electron chi connectivity index (χ0n) is 12.7. The van der Waals surface area contributed by atoms with E-state index in [1.54, 1.807) is 0 Å². The zero-order chi connectivity index (χ0) is 15.1. The molecular weight excluding hydrogens is 282 g/mol. The Morgan fingerprint density at radius 1 is 1.14 bits per heavy atom. The van der Waals surface area contributed by atoms with Crippen molar-refractivity contribution in [1.29, 1.82) is 0 Å². The molecule has 112 valence electrons. The fourth-order valence-corrected chi connectivity index (χ4v) is 2.17. The van der Waals surface area contributed by atoms with Gasteiger partial charge in [-0.15, -0.1) is 0 Å². The molecule has 2 aromatic carbocycles. The van der Waals surface area contributed by atoms with Gasteiger partial charge in [-0.25, -0.2) is 0 Å². The van der Waals surface area contributed by atoms with Crippen LogP contribution in [0, 0.1) is 6.92 Å². The van der Waals surface area contributed by atoms with Crippen LogP contribution in [-0.4, -0.2) is 6.61 Å². The second kappa shape index (κ2) is 7.94. The molecule has 0 saturated heterocycles. The quantitative estimate of drug-likeness (QED) is 0.688. The van der Waals surface area contributed by atoms with E-state index in [0.29, 0.717) is 0 Å². The Bertz CT molecular complexity index is 583. The molecule has 0 spiro atoms. The second-order valence-corrected chi connectivity index (χ2v) is 5.57. The fourth-order valence-electron chi connectivity index (χ4n) is 1.99. The number of hydrogen-bond donors (Lipinski definition) is 1. The molecule has 0 amide bonds. The van der Waals surface area contributed by atoms with Crippen molar-refractivity contribution in [3.8, 4) is 5.75 Å². The summed E-state index contributed by atoms with van der Waals surface area (Å²) in [5.41, 5.74) is 3.32. The standard InChI is InChI=1S/C18H22ClNO/c1-3-4-10-21-17-7-5-6-15(11-17)13-20-16-9-8-14(2)18(19)12-16/h5-9,11-12,20H,3-4,10,13H2,1-2H3. The van der Waals surface area contributed by atoms with Crippen molar-refractivity contribution in [3.05, 3.63) is 58.6 Å². The monoisotopic (exact) mass is 303 g/mol. The highest BCUT2D eigenvalue weighted by molar-refractivity contribution is 6.31. The van der Waals surface area contributed by atoms with Gasteiger partial charge in [0.1, 0.15) is 5.75 Å². The molecule has 0 heterocycles. The minimum atomic E-state index is 0.754. The average molecular weight is 304 g/mol. The summed E-state index contributed by atoms with van der Waals surface area (Å²) in [6.07, 6.45) is 2.24. The van der Waals surface area contributed by atoms with Gasteiger partial charge in [0.2, 0.25) is 0 Å². The molecule has 0 unspecified atom stereocenters. The van der Waals surface area contributed by atoms with E-state index in [0.717, 1.165) is 48.0 Å². The second-order valence-electron chi connectivity index (χ2n) is 5.17. The molecule has 21 heavy (non-hydrogen) atoms. The third kappa shape index (κ3) is 4.98. The van der Waals surface area contributed by atoms with Gasteiger partial charge in [-0.2, -0.15) is 0 Å². The summed E-state index contributed by atoms with van der Waals surface area (Å²) in [4.78, 5) is 0. The summed E-state index contributed by atoms with van der Waals surface area (Å²) >= 11 is 6.13. The van der Waals surface area contributed by atoms with E-state index in [-0.39, 0.29) is 0 Å². The van der Waals surface area contributed by atoms with Gasteiger partial charge in [-0.1, -0.05) is 43.1 Å². The molecule has 0 aromatic heterocycles. The van der Waals surface area contributed by atoms with Crippen molar-refractivity contribution in [2.75, 3.05) is 11.9 Å². The molecule has 0 aliphatic heterocycles. The number of nitrogens with one attached hydrogen (secondary N) is 1. The van der Waals surface area contributed by atoms with E-state index in [1.807, 2.05) is 37.3 Å². The number of anilines is 1. The average Bonchev–Trinajstić information content (AvgIpc) is 2.49. The Balaban J connectivity index is 1.93. The third-order valence-electron chi connectivity index (χ3n) is 3.33. The Hall–Kier alpha value is -1.67. The van der Waals surface area contributed by atoms with Gasteiger partial charge >= 0.3 is 0 Å². The van der Waals surface area contributed by atoms with Crippen molar-refractivity contribution in [2.24, 2.45) is 0 Å². The molecule has 2 aromatic rings. The lowest BCUT2D eigenvalue weighted by Gasteiger charge is -2.10. The van der Waals surface area contributed by atoms with Crippen molar-refractivity contribution < 1.29 is 4.74 Å². The van der Waals surface area contributed by atoms with Gasteiger partial charge in [0.15, 0.2) is 0 Å². The smallest absolute Gasteiger partial charge is 0.119 e. The molecular formula is C18H22ClNO. The first-order chi connectivity index (χ1) is 10.2. The number of rotatable bonds is 7. The number of benzene rings is 2. The summed E-state index contributed by atoms with van der Waals surface area (Å²) in [6, 6.07) is 14.2. The van der Waals surface area contributed by atoms with Gasteiger partial charge in [0, 0.05) is 17.3 Å². The largest absolute Gasteiger partial charge is 0.494 e. The van der Waals surface area contributed by atoms with Crippen molar-refractivity contribution >= 4 is 17.3 Å². The van der Waals surface area contributed by atoms with Crippen LogP contribution in [0.25, 0.3) is 0 Å². The summed E-state index contributed by atoms with van der Waals surface area (Å²) in [7, 11) is 0. The predicted octanol–water partition coefficient (Wildman–Crippen LogP) is 5.44. The maximum Gasteiger partial charge on any atom is 0.119 e. The van der Waals surface area contributed by atoms with Crippen molar-refractivity contribution in [2.45, 2.75) is 33.2 Å². The lowest BCUT2D eigenvalue weighted by molar-refractivity contribution is 0.309. The first-order valence-corrected chi connectivity index (χ1v) is 7.78. The number of hydrogen-bond acceptors (Lipinski definition) is 2. The number of ether oxygens (including phenoxy) is 1. The maximum absolute atomic E-state index is 6.13. The van der Waals surface area contributed by atoms with Gasteiger partial charge in [0.05, 0.1) is 6.61 Å². The van der Waals surface area contributed by atoms with Crippen LogP contribution in [0.3, 0.4) is 0 Å². The highest BCUT2D eigenvalue weighted by atomic mass is 35.5. The number of aryl methyl sites for hydroxylation is 1. The van der Waals surface area contributed by atoms with E-state index in [4.69, 9.17) is 16.3 Å². The van der Waals surface area contributed by atoms with Crippen LogP contribution in [-0.2, 0) is 6.54 Å². The highest BCUT2D eigenvalue weighted by Crippen LogP contribution is 2.21. The van der Waals surface area contributed by atoms with Gasteiger partial charge in [0.25, 0.3) is 0 Å². The molecule has 0 aliphatic carbocycles. The summed E-state index contributed by atoms with van der Waals surface area (Å²) in [6.45, 7) is 5.70. The Morgan fingerprint density at radius 2 is 2.00 bits per heavy atom. The van der Waals surface area contributed by atoms with Crippen LogP contribution in [0.1, 0.15) is 30.9 Å². The van der Waals surface area contributed by atoms with Gasteiger partial charge in [-0.3, -0.25) is 0 Å². The SMILES string of the molecule is CCCCOc1cccc(CNc2ccc(C)c(Cl)c2)c1. The highest BCUT2D eigenvalue weighted by Gasteiger charge is 2.00. The molecule has 2 rings (SSSR count). The van der Waals surface area contributed by atoms with Crippen molar-refractivity contribution in [3.63, 3.8) is 0 Å². The molecule has 0 aliphatic rings. The molecule has 0 saturated carbocycles. The molecule has 2 nitrogen and oxygen atoms in total. The maximum atomic E-state index is 6.13. The van der Waals surface area contributed by atoms with Crippen LogP contribution in [0.5, 0.6) is 5.75 Å². The topological polar surface area (TPSA) is 21.3 Å². The van der Waals surface area contributed by atoms with Crippen LogP contribution in [0.2, 0.25) is 5.02 Å². The summed E-state index contributed by atoms with van der Waals surface area (Å²) in [5, 5.41) is 4.17. The number of unbranched alkanes of at least 4 members (excludes halogenated alkanes) is 1. The molecule has 1 N–H and O–H groups in total. The predicted molar refractivity (Wildman–Crippen MR) is 90.4 cm³/mol. The van der Waals surface area contributed by atoms with Gasteiger partial charge in [-0.05, 0) is 48.7 Å². The number of halogens is 1. The minimum Gasteiger partial charge on any atom is -0.494 e. The molecule has 0 radical (unpaired) electrons. The Morgan fingerprint density at radius 3 is 2.76 bits per heavy atom. The Labute approximate surface area is 132 Å². The van der Waals surface area contributed by atoms with Crippen LogP contribution >= 0.6 is 11.6 Å². The van der Waals surface area contributed by atoms with E-state index >= 15 is 0 Å². The van der Waals surface area contributed by atoms with Crippen LogP contribution in [0.4, 0.5) is 5.69 Å². The van der Waals surface area contributed by atoms with E-state index in [2.05, 4.69) is 24.4 Å². The normalized spacial score (nSPS) is 10.4. The summed E-state index contributed by atoms with van der Waals surface area (Å²) in [5.74, 6) is 0.935. The van der Waals surface area contributed by atoms with Crippen LogP contribution < -0.4 is 10.1 Å². The summed E-state index contributed by atoms with van der Waals surface area (Å²) < 4.78 is 5.73. The van der Waals surface area contributed by atoms with E-state index in [1.165, 1.54) is 5.56 Å². The fraction of sp³-hybridized carbons (Fsp3) is 0.333. The minimum absolute atomic E-state index is 0.754. The lowest BCUT2D eigenvalue weighted by atomic mass is 10.2. The van der Waals surface area contributed by atoms with E-state index < -0.39 is 0 Å². The first-order valence-electron chi connectivity index (χ1n) is 7.41. The Kier molecular flexibility index (Phi) is 5.94. The molecule has 0 atom stereocenters.